The summed E-state index contributed by atoms with van der Waals surface area (Å²) in [5.74, 6) is 0. The standard InChI is InChI=1S/C11H17ClN2O4S/c12-10-3-2-9(8-11(10)13)19(16,17)14-4-1-6-18-7-5-15/h2-3,8,14-15H,1,4-7,13H2. The summed E-state index contributed by atoms with van der Waals surface area (Å²) in [7, 11) is -3.59. The lowest BCUT2D eigenvalue weighted by Gasteiger charge is -2.08. The number of hydrogen-bond acceptors (Lipinski definition) is 5. The van der Waals surface area contributed by atoms with Gasteiger partial charge < -0.3 is 15.6 Å². The Kier molecular flexibility index (Phi) is 6.53. The molecule has 0 aliphatic heterocycles. The van der Waals surface area contributed by atoms with Gasteiger partial charge in [-0.1, -0.05) is 11.6 Å². The predicted octanol–water partition coefficient (Wildman–Crippen LogP) is 0.600. The van der Waals surface area contributed by atoms with Gasteiger partial charge in [-0.2, -0.15) is 0 Å². The van der Waals surface area contributed by atoms with Crippen LogP contribution in [0.4, 0.5) is 5.69 Å². The van der Waals surface area contributed by atoms with Gasteiger partial charge in [0.15, 0.2) is 0 Å². The van der Waals surface area contributed by atoms with Gasteiger partial charge in [-0.15, -0.1) is 0 Å². The van der Waals surface area contributed by atoms with Crippen LogP contribution in [0.5, 0.6) is 0 Å². The quantitative estimate of drug-likeness (QED) is 0.482. The lowest BCUT2D eigenvalue weighted by atomic mass is 10.3. The third kappa shape index (κ3) is 5.33. The number of anilines is 1. The third-order valence-corrected chi connectivity index (χ3v) is 4.07. The maximum Gasteiger partial charge on any atom is 0.240 e. The highest BCUT2D eigenvalue weighted by molar-refractivity contribution is 7.89. The summed E-state index contributed by atoms with van der Waals surface area (Å²) in [6, 6.07) is 4.14. The molecule has 108 valence electrons. The lowest BCUT2D eigenvalue weighted by molar-refractivity contribution is 0.0913. The smallest absolute Gasteiger partial charge is 0.240 e. The highest BCUT2D eigenvalue weighted by Gasteiger charge is 2.14. The number of nitrogens with two attached hydrogens (primary N) is 1. The van der Waals surface area contributed by atoms with Crippen LogP contribution < -0.4 is 10.5 Å². The monoisotopic (exact) mass is 308 g/mol. The van der Waals surface area contributed by atoms with Crippen LogP contribution in [0.1, 0.15) is 6.42 Å². The molecule has 0 unspecified atom stereocenters. The molecule has 0 heterocycles. The van der Waals surface area contributed by atoms with Crippen LogP contribution in [0.15, 0.2) is 23.1 Å². The number of nitrogen functional groups attached to an aromatic ring is 1. The number of aliphatic hydroxyl groups excluding tert-OH is 1. The molecule has 0 fully saturated rings. The highest BCUT2D eigenvalue weighted by atomic mass is 35.5. The molecule has 0 atom stereocenters. The maximum atomic E-state index is 11.9. The molecule has 1 aromatic carbocycles. The second kappa shape index (κ2) is 7.66. The minimum absolute atomic E-state index is 0.0459. The first-order valence-corrected chi connectivity index (χ1v) is 7.57. The maximum absolute atomic E-state index is 11.9. The van der Waals surface area contributed by atoms with Gasteiger partial charge in [0.05, 0.1) is 28.8 Å². The molecule has 8 heteroatoms. The van der Waals surface area contributed by atoms with Crippen LogP contribution in [0.2, 0.25) is 5.02 Å². The van der Waals surface area contributed by atoms with Crippen molar-refractivity contribution in [1.29, 1.82) is 0 Å². The Morgan fingerprint density at radius 1 is 1.37 bits per heavy atom. The fraction of sp³-hybridized carbons (Fsp3) is 0.455. The van der Waals surface area contributed by atoms with Crippen LogP contribution in [0.25, 0.3) is 0 Å². The first-order chi connectivity index (χ1) is 8.97. The zero-order valence-electron chi connectivity index (χ0n) is 10.3. The largest absolute Gasteiger partial charge is 0.397 e. The summed E-state index contributed by atoms with van der Waals surface area (Å²) in [5, 5.41) is 8.81. The molecular weight excluding hydrogens is 292 g/mol. The average molecular weight is 309 g/mol. The molecule has 4 N–H and O–H groups in total. The normalized spacial score (nSPS) is 11.7. The van der Waals surface area contributed by atoms with Crippen molar-refractivity contribution in [2.75, 3.05) is 32.1 Å². The molecule has 0 aliphatic rings. The number of nitrogens with one attached hydrogen (secondary N) is 1. The van der Waals surface area contributed by atoms with Gasteiger partial charge in [0.1, 0.15) is 0 Å². The van der Waals surface area contributed by atoms with Crippen LogP contribution in [-0.2, 0) is 14.8 Å². The molecule has 1 aromatic rings. The van der Waals surface area contributed by atoms with E-state index in [0.29, 0.717) is 18.1 Å². The Morgan fingerprint density at radius 2 is 2.11 bits per heavy atom. The summed E-state index contributed by atoms with van der Waals surface area (Å²) in [6.07, 6.45) is 0.516. The van der Waals surface area contributed by atoms with Gasteiger partial charge in [-0.05, 0) is 24.6 Å². The van der Waals surface area contributed by atoms with Crippen molar-refractivity contribution >= 4 is 27.3 Å². The fourth-order valence-corrected chi connectivity index (χ4v) is 2.55. The number of sulfonamides is 1. The molecule has 1 rings (SSSR count). The minimum atomic E-state index is -3.59. The predicted molar refractivity (Wildman–Crippen MR) is 73.6 cm³/mol. The summed E-state index contributed by atoms with van der Waals surface area (Å²) in [4.78, 5) is 0.0747. The SMILES string of the molecule is Nc1cc(S(=O)(=O)NCCCOCCO)ccc1Cl. The topological polar surface area (TPSA) is 102 Å². The number of rotatable bonds is 8. The molecule has 0 bridgehead atoms. The Balaban J connectivity index is 2.49. The van der Waals surface area contributed by atoms with E-state index in [1.807, 2.05) is 0 Å². The van der Waals surface area contributed by atoms with Crippen LogP contribution in [-0.4, -0.2) is 39.9 Å². The summed E-state index contributed by atoms with van der Waals surface area (Å²) < 4.78 is 31.2. The van der Waals surface area contributed by atoms with Crippen molar-refractivity contribution in [2.24, 2.45) is 0 Å². The van der Waals surface area contributed by atoms with Crippen molar-refractivity contribution in [2.45, 2.75) is 11.3 Å². The number of benzene rings is 1. The Morgan fingerprint density at radius 3 is 2.74 bits per heavy atom. The fourth-order valence-electron chi connectivity index (χ4n) is 1.32. The van der Waals surface area contributed by atoms with Crippen molar-refractivity contribution in [3.05, 3.63) is 23.2 Å². The minimum Gasteiger partial charge on any atom is -0.397 e. The number of ether oxygens (including phenoxy) is 1. The molecule has 0 saturated heterocycles. The Bertz CT molecular complexity index is 507. The van der Waals surface area contributed by atoms with Gasteiger partial charge in [0.25, 0.3) is 0 Å². The highest BCUT2D eigenvalue weighted by Crippen LogP contribution is 2.21. The van der Waals surface area contributed by atoms with Gasteiger partial charge in [0.2, 0.25) is 10.0 Å². The van der Waals surface area contributed by atoms with E-state index in [-0.39, 0.29) is 30.3 Å². The Labute approximate surface area is 117 Å². The van der Waals surface area contributed by atoms with E-state index >= 15 is 0 Å². The molecule has 0 aliphatic carbocycles. The van der Waals surface area contributed by atoms with E-state index < -0.39 is 10.0 Å². The molecular formula is C11H17ClN2O4S. The molecule has 0 spiro atoms. The Hall–Kier alpha value is -0.860. The summed E-state index contributed by atoms with van der Waals surface area (Å²) in [5.41, 5.74) is 5.78. The van der Waals surface area contributed by atoms with E-state index in [1.165, 1.54) is 18.2 Å². The lowest BCUT2D eigenvalue weighted by Crippen LogP contribution is -2.25. The van der Waals surface area contributed by atoms with E-state index in [0.717, 1.165) is 0 Å². The van der Waals surface area contributed by atoms with Gasteiger partial charge in [-0.25, -0.2) is 13.1 Å². The summed E-state index contributed by atoms with van der Waals surface area (Å²) in [6.45, 7) is 0.832. The van der Waals surface area contributed by atoms with Crippen molar-refractivity contribution in [1.82, 2.24) is 4.72 Å². The zero-order chi connectivity index (χ0) is 14.3. The number of halogens is 1. The molecule has 0 radical (unpaired) electrons. The molecule has 0 amide bonds. The van der Waals surface area contributed by atoms with Crippen molar-refractivity contribution in [3.63, 3.8) is 0 Å². The summed E-state index contributed by atoms with van der Waals surface area (Å²) >= 11 is 5.73. The first kappa shape index (κ1) is 16.2. The van der Waals surface area contributed by atoms with Crippen molar-refractivity contribution in [3.8, 4) is 0 Å². The molecule has 0 aromatic heterocycles. The van der Waals surface area contributed by atoms with Gasteiger partial charge in [0, 0.05) is 13.2 Å². The van der Waals surface area contributed by atoms with E-state index in [9.17, 15) is 8.42 Å². The second-order valence-electron chi connectivity index (χ2n) is 3.77. The van der Waals surface area contributed by atoms with E-state index in [2.05, 4.69) is 4.72 Å². The van der Waals surface area contributed by atoms with Crippen LogP contribution in [0.3, 0.4) is 0 Å². The average Bonchev–Trinajstić information content (AvgIpc) is 2.36. The molecule has 19 heavy (non-hydrogen) atoms. The van der Waals surface area contributed by atoms with Crippen LogP contribution in [0, 0.1) is 0 Å². The first-order valence-electron chi connectivity index (χ1n) is 5.70. The van der Waals surface area contributed by atoms with Crippen LogP contribution >= 0.6 is 11.6 Å². The number of hydrogen-bond donors (Lipinski definition) is 3. The molecule has 0 saturated carbocycles. The third-order valence-electron chi connectivity index (χ3n) is 2.27. The van der Waals surface area contributed by atoms with E-state index in [4.69, 9.17) is 27.2 Å². The van der Waals surface area contributed by atoms with Crippen molar-refractivity contribution < 1.29 is 18.3 Å². The van der Waals surface area contributed by atoms with Gasteiger partial charge >= 0.3 is 0 Å². The second-order valence-corrected chi connectivity index (χ2v) is 5.94. The zero-order valence-corrected chi connectivity index (χ0v) is 11.9. The van der Waals surface area contributed by atoms with E-state index in [1.54, 1.807) is 0 Å². The van der Waals surface area contributed by atoms with Gasteiger partial charge in [-0.3, -0.25) is 0 Å². The number of aliphatic hydroxyl groups is 1. The molecule has 6 nitrogen and oxygen atoms in total.